The Kier molecular flexibility index (Phi) is 6.58. The fourth-order valence-corrected chi connectivity index (χ4v) is 5.13. The minimum absolute atomic E-state index is 0.840. The number of ether oxygens (including phenoxy) is 1. The van der Waals surface area contributed by atoms with Gasteiger partial charge in [-0.25, -0.2) is 0 Å². The average Bonchev–Trinajstić information content (AvgIpc) is 3.10. The Bertz CT molecular complexity index is 309. The Hall–Kier alpha value is -0.120. The van der Waals surface area contributed by atoms with Crippen LogP contribution in [-0.2, 0) is 4.74 Å². The maximum atomic E-state index is 5.26. The van der Waals surface area contributed by atoms with Crippen molar-refractivity contribution in [1.82, 2.24) is 9.80 Å². The summed E-state index contributed by atoms with van der Waals surface area (Å²) in [5, 5.41) is 0. The van der Waals surface area contributed by atoms with Crippen molar-refractivity contribution in [2.24, 2.45) is 0 Å². The Morgan fingerprint density at radius 1 is 0.818 bits per heavy atom. The Morgan fingerprint density at radius 3 is 2.27 bits per heavy atom. The van der Waals surface area contributed by atoms with E-state index in [9.17, 15) is 0 Å². The van der Waals surface area contributed by atoms with E-state index in [4.69, 9.17) is 4.74 Å². The van der Waals surface area contributed by atoms with Crippen molar-refractivity contribution in [3.63, 3.8) is 0 Å². The van der Waals surface area contributed by atoms with Crippen molar-refractivity contribution in [3.8, 4) is 0 Å². The molecule has 128 valence electrons. The number of likely N-dealkylation sites (tertiary alicyclic amines) is 2. The third-order valence-corrected chi connectivity index (χ3v) is 6.37. The molecular formula is C19H36N2O. The van der Waals surface area contributed by atoms with Crippen LogP contribution in [0.15, 0.2) is 0 Å². The summed E-state index contributed by atoms with van der Waals surface area (Å²) in [5.41, 5.74) is 0. The summed E-state index contributed by atoms with van der Waals surface area (Å²) in [5.74, 6) is 0. The van der Waals surface area contributed by atoms with Gasteiger partial charge in [-0.05, 0) is 71.0 Å². The van der Waals surface area contributed by atoms with E-state index in [0.29, 0.717) is 0 Å². The summed E-state index contributed by atoms with van der Waals surface area (Å²) in [4.78, 5) is 5.71. The molecular weight excluding hydrogens is 272 g/mol. The second-order valence-corrected chi connectivity index (χ2v) is 7.73. The second-order valence-electron chi connectivity index (χ2n) is 7.73. The smallest absolute Gasteiger partial charge is 0.0462 e. The molecule has 3 nitrogen and oxygen atoms in total. The van der Waals surface area contributed by atoms with Crippen LogP contribution in [0.2, 0.25) is 0 Å². The van der Waals surface area contributed by atoms with Crippen molar-refractivity contribution in [1.29, 1.82) is 0 Å². The van der Waals surface area contributed by atoms with Gasteiger partial charge in [0.05, 0.1) is 0 Å². The molecule has 3 aliphatic rings. The highest BCUT2D eigenvalue weighted by atomic mass is 16.5. The molecule has 0 unspecified atom stereocenters. The first-order chi connectivity index (χ1) is 10.9. The predicted octanol–water partition coefficient (Wildman–Crippen LogP) is 3.67. The maximum absolute atomic E-state index is 5.26. The standard InChI is InChI=1S/C19H36N2O/c1-22-16-6-10-18-9-4-5-13-21(18)19-11-14-20(15-12-19)17-7-2-3-8-17/h17-19H,2-16H2,1H3/t18-/m1/s1. The van der Waals surface area contributed by atoms with Gasteiger partial charge in [0.25, 0.3) is 0 Å². The van der Waals surface area contributed by atoms with Crippen molar-refractivity contribution < 1.29 is 4.74 Å². The van der Waals surface area contributed by atoms with Crippen molar-refractivity contribution in [2.45, 2.75) is 88.8 Å². The zero-order chi connectivity index (χ0) is 15.2. The number of rotatable bonds is 6. The first-order valence-corrected chi connectivity index (χ1v) is 9.87. The lowest BCUT2D eigenvalue weighted by Gasteiger charge is -2.46. The number of nitrogens with zero attached hydrogens (tertiary/aromatic N) is 2. The second kappa shape index (κ2) is 8.65. The molecule has 3 rings (SSSR count). The average molecular weight is 309 g/mol. The van der Waals surface area contributed by atoms with Gasteiger partial charge < -0.3 is 9.64 Å². The third-order valence-electron chi connectivity index (χ3n) is 6.37. The largest absolute Gasteiger partial charge is 0.385 e. The number of hydrogen-bond acceptors (Lipinski definition) is 3. The quantitative estimate of drug-likeness (QED) is 0.696. The van der Waals surface area contributed by atoms with Crippen LogP contribution in [0.5, 0.6) is 0 Å². The van der Waals surface area contributed by atoms with Gasteiger partial charge in [0.2, 0.25) is 0 Å². The van der Waals surface area contributed by atoms with Crippen LogP contribution in [0.1, 0.15) is 70.6 Å². The van der Waals surface area contributed by atoms with E-state index in [1.54, 1.807) is 0 Å². The highest BCUT2D eigenvalue weighted by Gasteiger charge is 2.33. The lowest BCUT2D eigenvalue weighted by Crippen LogP contribution is -2.52. The van der Waals surface area contributed by atoms with Gasteiger partial charge in [-0.3, -0.25) is 4.90 Å². The van der Waals surface area contributed by atoms with Crippen LogP contribution in [0.3, 0.4) is 0 Å². The molecule has 0 N–H and O–H groups in total. The van der Waals surface area contributed by atoms with E-state index in [1.165, 1.54) is 90.3 Å². The molecule has 2 saturated heterocycles. The molecule has 0 aromatic heterocycles. The summed E-state index contributed by atoms with van der Waals surface area (Å²) < 4.78 is 5.26. The molecule has 3 fully saturated rings. The van der Waals surface area contributed by atoms with Crippen LogP contribution >= 0.6 is 0 Å². The lowest BCUT2D eigenvalue weighted by atomic mass is 9.92. The van der Waals surface area contributed by atoms with E-state index in [0.717, 1.165) is 24.7 Å². The highest BCUT2D eigenvalue weighted by Crippen LogP contribution is 2.31. The predicted molar refractivity (Wildman–Crippen MR) is 92.3 cm³/mol. The first-order valence-electron chi connectivity index (χ1n) is 9.87. The van der Waals surface area contributed by atoms with Crippen LogP contribution in [0.25, 0.3) is 0 Å². The van der Waals surface area contributed by atoms with Gasteiger partial charge in [-0.1, -0.05) is 19.3 Å². The molecule has 1 saturated carbocycles. The van der Waals surface area contributed by atoms with Crippen molar-refractivity contribution >= 4 is 0 Å². The van der Waals surface area contributed by atoms with E-state index in [1.807, 2.05) is 7.11 Å². The van der Waals surface area contributed by atoms with Gasteiger partial charge >= 0.3 is 0 Å². The Balaban J connectivity index is 1.47. The minimum Gasteiger partial charge on any atom is -0.385 e. The van der Waals surface area contributed by atoms with Crippen molar-refractivity contribution in [3.05, 3.63) is 0 Å². The zero-order valence-corrected chi connectivity index (χ0v) is 14.6. The molecule has 22 heavy (non-hydrogen) atoms. The van der Waals surface area contributed by atoms with Gasteiger partial charge in [0.1, 0.15) is 0 Å². The molecule has 3 heteroatoms. The van der Waals surface area contributed by atoms with E-state index in [2.05, 4.69) is 9.80 Å². The zero-order valence-electron chi connectivity index (χ0n) is 14.6. The third kappa shape index (κ3) is 4.24. The first kappa shape index (κ1) is 16.7. The SMILES string of the molecule is COCCC[C@H]1CCCCN1C1CCN(C2CCCC2)CC1. The molecule has 0 radical (unpaired) electrons. The molecule has 0 amide bonds. The van der Waals surface area contributed by atoms with Crippen LogP contribution in [0, 0.1) is 0 Å². The summed E-state index contributed by atoms with van der Waals surface area (Å²) in [6.45, 7) is 5.00. The topological polar surface area (TPSA) is 15.7 Å². The van der Waals surface area contributed by atoms with E-state index < -0.39 is 0 Å². The molecule has 1 aliphatic carbocycles. The summed E-state index contributed by atoms with van der Waals surface area (Å²) in [6, 6.07) is 2.64. The van der Waals surface area contributed by atoms with E-state index >= 15 is 0 Å². The van der Waals surface area contributed by atoms with Gasteiger partial charge in [0.15, 0.2) is 0 Å². The molecule has 0 aromatic rings. The molecule has 2 heterocycles. The summed E-state index contributed by atoms with van der Waals surface area (Å²) in [6.07, 6.45) is 15.6. The Morgan fingerprint density at radius 2 is 1.55 bits per heavy atom. The number of hydrogen-bond donors (Lipinski definition) is 0. The fourth-order valence-electron chi connectivity index (χ4n) is 5.13. The monoisotopic (exact) mass is 308 g/mol. The molecule has 1 atom stereocenters. The fraction of sp³-hybridized carbons (Fsp3) is 1.00. The van der Waals surface area contributed by atoms with Crippen LogP contribution in [0.4, 0.5) is 0 Å². The summed E-state index contributed by atoms with van der Waals surface area (Å²) in [7, 11) is 1.83. The van der Waals surface area contributed by atoms with Crippen molar-refractivity contribution in [2.75, 3.05) is 33.4 Å². The molecule has 0 aromatic carbocycles. The van der Waals surface area contributed by atoms with Crippen LogP contribution < -0.4 is 0 Å². The van der Waals surface area contributed by atoms with Crippen LogP contribution in [-0.4, -0.2) is 61.3 Å². The summed E-state index contributed by atoms with van der Waals surface area (Å²) >= 11 is 0. The minimum atomic E-state index is 0.840. The normalized spacial score (nSPS) is 30.1. The number of piperidine rings is 2. The number of methoxy groups -OCH3 is 1. The highest BCUT2D eigenvalue weighted by molar-refractivity contribution is 4.89. The Labute approximate surface area is 137 Å². The molecule has 0 spiro atoms. The van der Waals surface area contributed by atoms with Gasteiger partial charge in [-0.15, -0.1) is 0 Å². The molecule has 2 aliphatic heterocycles. The molecule has 0 bridgehead atoms. The van der Waals surface area contributed by atoms with E-state index in [-0.39, 0.29) is 0 Å². The van der Waals surface area contributed by atoms with Gasteiger partial charge in [0, 0.05) is 31.8 Å². The maximum Gasteiger partial charge on any atom is 0.0462 e. The lowest BCUT2D eigenvalue weighted by molar-refractivity contribution is 0.0329. The van der Waals surface area contributed by atoms with Gasteiger partial charge in [-0.2, -0.15) is 0 Å².